The molecule has 0 radical (unpaired) electrons. The Labute approximate surface area is 151 Å². The second-order valence-corrected chi connectivity index (χ2v) is 6.35. The molecule has 2 aromatic carbocycles. The first-order chi connectivity index (χ1) is 12.5. The highest BCUT2D eigenvalue weighted by molar-refractivity contribution is 6.01. The van der Waals surface area contributed by atoms with Crippen molar-refractivity contribution in [1.82, 2.24) is 5.32 Å². The number of amides is 2. The molecule has 6 heteroatoms. The fourth-order valence-corrected chi connectivity index (χ4v) is 2.97. The number of ether oxygens (including phenoxy) is 1. The zero-order valence-electron chi connectivity index (χ0n) is 14.5. The Balaban J connectivity index is 1.50. The number of halogens is 1. The molecule has 0 bridgehead atoms. The van der Waals surface area contributed by atoms with Crippen LogP contribution in [0.1, 0.15) is 29.9 Å². The van der Waals surface area contributed by atoms with Gasteiger partial charge in [-0.05, 0) is 48.7 Å². The first-order valence-corrected chi connectivity index (χ1v) is 8.59. The Morgan fingerprint density at radius 3 is 2.96 bits per heavy atom. The van der Waals surface area contributed by atoms with Gasteiger partial charge in [-0.25, -0.2) is 4.39 Å². The smallest absolute Gasteiger partial charge is 0.228 e. The fraction of sp³-hybridized carbons (Fsp3) is 0.300. The molecule has 0 saturated carbocycles. The predicted molar refractivity (Wildman–Crippen MR) is 96.7 cm³/mol. The van der Waals surface area contributed by atoms with E-state index in [4.69, 9.17) is 4.74 Å². The lowest BCUT2D eigenvalue weighted by Gasteiger charge is -2.24. The molecule has 2 aromatic rings. The van der Waals surface area contributed by atoms with E-state index in [9.17, 15) is 14.0 Å². The van der Waals surface area contributed by atoms with Crippen molar-refractivity contribution in [1.29, 1.82) is 0 Å². The van der Waals surface area contributed by atoms with Gasteiger partial charge in [-0.1, -0.05) is 18.2 Å². The molecule has 136 valence electrons. The average molecular weight is 356 g/mol. The summed E-state index contributed by atoms with van der Waals surface area (Å²) in [5.41, 5.74) is 2.13. The summed E-state index contributed by atoms with van der Waals surface area (Å²) in [7, 11) is 0. The van der Waals surface area contributed by atoms with Gasteiger partial charge in [0, 0.05) is 18.7 Å². The number of fused-ring (bicyclic) bond motifs is 1. The zero-order chi connectivity index (χ0) is 18.5. The van der Waals surface area contributed by atoms with Crippen molar-refractivity contribution in [2.45, 2.75) is 25.7 Å². The number of aryl methyl sites for hydroxylation is 1. The van der Waals surface area contributed by atoms with Gasteiger partial charge in [0.05, 0.1) is 12.5 Å². The molecular formula is C20H21FN2O3. The molecule has 26 heavy (non-hydrogen) atoms. The molecule has 3 rings (SSSR count). The summed E-state index contributed by atoms with van der Waals surface area (Å²) in [4.78, 5) is 24.2. The highest BCUT2D eigenvalue weighted by Gasteiger charge is 2.30. The van der Waals surface area contributed by atoms with E-state index in [1.54, 1.807) is 6.07 Å². The van der Waals surface area contributed by atoms with Crippen LogP contribution in [0.25, 0.3) is 0 Å². The van der Waals surface area contributed by atoms with E-state index in [0.717, 1.165) is 11.3 Å². The van der Waals surface area contributed by atoms with Gasteiger partial charge in [-0.3, -0.25) is 9.59 Å². The van der Waals surface area contributed by atoms with Crippen LogP contribution in [0.3, 0.4) is 0 Å². The monoisotopic (exact) mass is 356 g/mol. The van der Waals surface area contributed by atoms with Crippen molar-refractivity contribution in [2.24, 2.45) is 0 Å². The summed E-state index contributed by atoms with van der Waals surface area (Å²) in [6.45, 7) is 2.92. The molecule has 1 heterocycles. The first-order valence-electron chi connectivity index (χ1n) is 8.59. The van der Waals surface area contributed by atoms with E-state index >= 15 is 0 Å². The van der Waals surface area contributed by atoms with Crippen LogP contribution in [-0.4, -0.2) is 25.0 Å². The number of benzene rings is 2. The van der Waals surface area contributed by atoms with Crippen LogP contribution in [0.15, 0.2) is 42.5 Å². The largest absolute Gasteiger partial charge is 0.494 e. The number of anilines is 1. The summed E-state index contributed by atoms with van der Waals surface area (Å²) in [6.07, 6.45) is 0.707. The van der Waals surface area contributed by atoms with E-state index in [1.807, 2.05) is 31.2 Å². The molecule has 0 spiro atoms. The molecule has 5 nitrogen and oxygen atoms in total. The van der Waals surface area contributed by atoms with Crippen molar-refractivity contribution in [2.75, 3.05) is 18.5 Å². The highest BCUT2D eigenvalue weighted by atomic mass is 19.1. The number of carbonyl (C=O) groups is 2. The molecule has 1 aliphatic heterocycles. The fourth-order valence-electron chi connectivity index (χ4n) is 2.97. The van der Waals surface area contributed by atoms with Gasteiger partial charge in [-0.2, -0.15) is 0 Å². The SMILES string of the molecule is Cc1cccc(OCCCNC(=O)[C@@H]2CC(=O)Nc3cc(F)ccc32)c1. The topological polar surface area (TPSA) is 67.4 Å². The Morgan fingerprint density at radius 2 is 2.15 bits per heavy atom. The number of nitrogens with one attached hydrogen (secondary N) is 2. The molecule has 1 atom stereocenters. The molecule has 2 N–H and O–H groups in total. The van der Waals surface area contributed by atoms with Crippen LogP contribution in [0.2, 0.25) is 0 Å². The van der Waals surface area contributed by atoms with Crippen molar-refractivity contribution in [3.8, 4) is 5.75 Å². The maximum Gasteiger partial charge on any atom is 0.228 e. The van der Waals surface area contributed by atoms with E-state index < -0.39 is 11.7 Å². The third kappa shape index (κ3) is 4.39. The number of hydrogen-bond acceptors (Lipinski definition) is 3. The lowest BCUT2D eigenvalue weighted by molar-refractivity contribution is -0.126. The number of rotatable bonds is 6. The summed E-state index contributed by atoms with van der Waals surface area (Å²) in [5, 5.41) is 5.44. The second-order valence-electron chi connectivity index (χ2n) is 6.35. The Bertz CT molecular complexity index is 822. The molecule has 0 fully saturated rings. The highest BCUT2D eigenvalue weighted by Crippen LogP contribution is 2.32. The van der Waals surface area contributed by atoms with Crippen LogP contribution in [0.4, 0.5) is 10.1 Å². The summed E-state index contributed by atoms with van der Waals surface area (Å²) in [5.74, 6) is -0.763. The summed E-state index contributed by atoms with van der Waals surface area (Å²) in [6, 6.07) is 11.9. The van der Waals surface area contributed by atoms with Gasteiger partial charge in [-0.15, -0.1) is 0 Å². The Kier molecular flexibility index (Phi) is 5.51. The maximum atomic E-state index is 13.3. The van der Waals surface area contributed by atoms with Gasteiger partial charge in [0.2, 0.25) is 11.8 Å². The summed E-state index contributed by atoms with van der Waals surface area (Å²) < 4.78 is 19.0. The van der Waals surface area contributed by atoms with Gasteiger partial charge >= 0.3 is 0 Å². The van der Waals surface area contributed by atoms with Gasteiger partial charge in [0.1, 0.15) is 11.6 Å². The molecule has 0 unspecified atom stereocenters. The van der Waals surface area contributed by atoms with Crippen LogP contribution in [0.5, 0.6) is 5.75 Å². The van der Waals surface area contributed by atoms with Crippen molar-refractivity contribution >= 4 is 17.5 Å². The molecular weight excluding hydrogens is 335 g/mol. The molecule has 0 saturated heterocycles. The maximum absolute atomic E-state index is 13.3. The van der Waals surface area contributed by atoms with Crippen LogP contribution < -0.4 is 15.4 Å². The third-order valence-corrected chi connectivity index (χ3v) is 4.25. The van der Waals surface area contributed by atoms with Gasteiger partial charge in [0.15, 0.2) is 0 Å². The minimum absolute atomic E-state index is 0.0598. The van der Waals surface area contributed by atoms with Crippen molar-refractivity contribution < 1.29 is 18.7 Å². The minimum Gasteiger partial charge on any atom is -0.494 e. The van der Waals surface area contributed by atoms with Gasteiger partial charge in [0.25, 0.3) is 0 Å². The average Bonchev–Trinajstić information content (AvgIpc) is 2.60. The second kappa shape index (κ2) is 7.99. The van der Waals surface area contributed by atoms with Crippen LogP contribution in [0, 0.1) is 12.7 Å². The number of carbonyl (C=O) groups excluding carboxylic acids is 2. The Morgan fingerprint density at radius 1 is 1.31 bits per heavy atom. The van der Waals surface area contributed by atoms with Crippen LogP contribution >= 0.6 is 0 Å². The Hall–Kier alpha value is -2.89. The van der Waals surface area contributed by atoms with E-state index in [2.05, 4.69) is 10.6 Å². The first kappa shape index (κ1) is 17.9. The van der Waals surface area contributed by atoms with E-state index in [-0.39, 0.29) is 18.2 Å². The molecule has 0 aromatic heterocycles. The zero-order valence-corrected chi connectivity index (χ0v) is 14.5. The van der Waals surface area contributed by atoms with Crippen molar-refractivity contribution in [3.63, 3.8) is 0 Å². The lowest BCUT2D eigenvalue weighted by Crippen LogP contribution is -2.35. The van der Waals surface area contributed by atoms with E-state index in [1.165, 1.54) is 12.1 Å². The van der Waals surface area contributed by atoms with Gasteiger partial charge < -0.3 is 15.4 Å². The minimum atomic E-state index is -0.600. The normalized spacial score (nSPS) is 15.8. The number of hydrogen-bond donors (Lipinski definition) is 2. The van der Waals surface area contributed by atoms with Crippen molar-refractivity contribution in [3.05, 3.63) is 59.4 Å². The standard InChI is InChI=1S/C20H21FN2O3/c1-13-4-2-5-15(10-13)26-9-3-8-22-20(25)17-12-19(24)23-18-11-14(21)6-7-16(17)18/h2,4-7,10-11,17H,3,8-9,12H2,1H3,(H,22,25)(H,23,24)/t17-/m1/s1. The predicted octanol–water partition coefficient (Wildman–Crippen LogP) is 3.15. The molecule has 1 aliphatic rings. The van der Waals surface area contributed by atoms with Crippen LogP contribution in [-0.2, 0) is 9.59 Å². The van der Waals surface area contributed by atoms with E-state index in [0.29, 0.717) is 30.8 Å². The third-order valence-electron chi connectivity index (χ3n) is 4.25. The molecule has 0 aliphatic carbocycles. The quantitative estimate of drug-likeness (QED) is 0.782. The lowest BCUT2D eigenvalue weighted by atomic mass is 9.89. The molecule has 2 amide bonds. The summed E-state index contributed by atoms with van der Waals surface area (Å²) >= 11 is 0.